The lowest BCUT2D eigenvalue weighted by molar-refractivity contribution is -0.123. The number of carbonyl (C=O) groups is 2. The number of nitrogens with zero attached hydrogens (tertiary/aromatic N) is 4. The van der Waals surface area contributed by atoms with Gasteiger partial charge in [0.15, 0.2) is 0 Å². The molecule has 0 saturated carbocycles. The van der Waals surface area contributed by atoms with E-state index in [0.717, 1.165) is 12.1 Å². The predicted octanol–water partition coefficient (Wildman–Crippen LogP) is 1.64. The minimum absolute atomic E-state index is 0.0286. The van der Waals surface area contributed by atoms with Gasteiger partial charge in [-0.05, 0) is 37.7 Å². The molecule has 0 N–H and O–H groups in total. The van der Waals surface area contributed by atoms with E-state index in [1.54, 1.807) is 24.5 Å². The molecule has 3 heterocycles. The van der Waals surface area contributed by atoms with Crippen LogP contribution < -0.4 is 4.90 Å². The fourth-order valence-electron chi connectivity index (χ4n) is 3.95. The van der Waals surface area contributed by atoms with Crippen LogP contribution in [-0.4, -0.2) is 65.4 Å². The van der Waals surface area contributed by atoms with Gasteiger partial charge >= 0.3 is 0 Å². The molecule has 0 radical (unpaired) electrons. The summed E-state index contributed by atoms with van der Waals surface area (Å²) in [5, 5.41) is 0. The van der Waals surface area contributed by atoms with Crippen LogP contribution >= 0.6 is 0 Å². The molecule has 0 aliphatic carbocycles. The van der Waals surface area contributed by atoms with Gasteiger partial charge in [-0.2, -0.15) is 0 Å². The molecule has 2 saturated heterocycles. The van der Waals surface area contributed by atoms with Crippen molar-refractivity contribution in [2.75, 3.05) is 38.1 Å². The summed E-state index contributed by atoms with van der Waals surface area (Å²) in [6.45, 7) is 2.29. The van der Waals surface area contributed by atoms with Gasteiger partial charge in [-0.3, -0.25) is 19.5 Å². The number of pyridine rings is 1. The Morgan fingerprint density at radius 3 is 2.54 bits per heavy atom. The van der Waals surface area contributed by atoms with Crippen LogP contribution in [0, 0.1) is 0 Å². The number of likely N-dealkylation sites (tertiary alicyclic amines) is 1. The van der Waals surface area contributed by atoms with Crippen LogP contribution in [0.4, 0.5) is 5.69 Å². The number of hydrogen-bond acceptors (Lipinski definition) is 4. The second-order valence-electron chi connectivity index (χ2n) is 7.11. The average Bonchev–Trinajstić information content (AvgIpc) is 3.11. The first-order valence-electron chi connectivity index (χ1n) is 8.85. The van der Waals surface area contributed by atoms with Gasteiger partial charge in [0.2, 0.25) is 5.91 Å². The molecule has 0 unspecified atom stereocenters. The van der Waals surface area contributed by atoms with Gasteiger partial charge < -0.3 is 9.80 Å². The number of rotatable bonds is 2. The highest BCUT2D eigenvalue weighted by Crippen LogP contribution is 2.33. The smallest absolute Gasteiger partial charge is 0.254 e. The molecule has 2 aliphatic rings. The number of para-hydroxylation sites is 1. The predicted molar refractivity (Wildman–Crippen MR) is 98.9 cm³/mol. The maximum atomic E-state index is 12.8. The minimum atomic E-state index is -0.202. The third-order valence-corrected chi connectivity index (χ3v) is 5.55. The summed E-state index contributed by atoms with van der Waals surface area (Å²) in [5.74, 6) is 0.129. The second-order valence-corrected chi connectivity index (χ2v) is 7.11. The Kier molecular flexibility index (Phi) is 4.20. The molecule has 2 aliphatic heterocycles. The van der Waals surface area contributed by atoms with E-state index in [9.17, 15) is 9.59 Å². The van der Waals surface area contributed by atoms with Gasteiger partial charge in [-0.15, -0.1) is 0 Å². The van der Waals surface area contributed by atoms with E-state index in [4.69, 9.17) is 0 Å². The standard InChI is InChI=1S/C20H22N4O2/c1-22-13-18(25)24(17-5-3-2-4-6-17)15-20(22)9-12-23(14-20)19(26)16-7-10-21-11-8-16/h2-8,10-11H,9,12-15H2,1H3/t20-/m0/s1. The van der Waals surface area contributed by atoms with Crippen LogP contribution in [0.3, 0.4) is 0 Å². The number of piperazine rings is 1. The van der Waals surface area contributed by atoms with E-state index in [-0.39, 0.29) is 17.4 Å². The van der Waals surface area contributed by atoms with Crippen molar-refractivity contribution >= 4 is 17.5 Å². The molecule has 26 heavy (non-hydrogen) atoms. The number of aromatic nitrogens is 1. The van der Waals surface area contributed by atoms with Crippen molar-refractivity contribution < 1.29 is 9.59 Å². The molecule has 1 aromatic heterocycles. The van der Waals surface area contributed by atoms with Crippen molar-refractivity contribution in [2.45, 2.75) is 12.0 Å². The van der Waals surface area contributed by atoms with Crippen molar-refractivity contribution in [1.82, 2.24) is 14.8 Å². The summed E-state index contributed by atoms with van der Waals surface area (Å²) < 4.78 is 0. The lowest BCUT2D eigenvalue weighted by Gasteiger charge is -2.46. The number of likely N-dealkylation sites (N-methyl/N-ethyl adjacent to an activating group) is 1. The average molecular weight is 350 g/mol. The zero-order chi connectivity index (χ0) is 18.1. The van der Waals surface area contributed by atoms with Crippen LogP contribution in [-0.2, 0) is 4.79 Å². The van der Waals surface area contributed by atoms with Crippen LogP contribution in [0.2, 0.25) is 0 Å². The van der Waals surface area contributed by atoms with E-state index in [1.807, 2.05) is 47.2 Å². The Morgan fingerprint density at radius 1 is 1.08 bits per heavy atom. The normalized spacial score (nSPS) is 23.7. The fraction of sp³-hybridized carbons (Fsp3) is 0.350. The number of anilines is 1. The Hall–Kier alpha value is -2.73. The van der Waals surface area contributed by atoms with Crippen molar-refractivity contribution in [2.24, 2.45) is 0 Å². The molecule has 6 nitrogen and oxygen atoms in total. The highest BCUT2D eigenvalue weighted by Gasteiger charge is 2.48. The Bertz CT molecular complexity index is 811. The van der Waals surface area contributed by atoms with Crippen molar-refractivity contribution in [3.05, 3.63) is 60.4 Å². The van der Waals surface area contributed by atoms with Crippen LogP contribution in [0.5, 0.6) is 0 Å². The molecule has 6 heteroatoms. The first kappa shape index (κ1) is 16.7. The van der Waals surface area contributed by atoms with Crippen molar-refractivity contribution in [3.8, 4) is 0 Å². The Morgan fingerprint density at radius 2 is 1.81 bits per heavy atom. The highest BCUT2D eigenvalue weighted by molar-refractivity contribution is 5.96. The summed E-state index contributed by atoms with van der Waals surface area (Å²) in [6, 6.07) is 13.3. The summed E-state index contributed by atoms with van der Waals surface area (Å²) >= 11 is 0. The maximum Gasteiger partial charge on any atom is 0.254 e. The molecule has 134 valence electrons. The van der Waals surface area contributed by atoms with E-state index in [2.05, 4.69) is 9.88 Å². The van der Waals surface area contributed by atoms with Gasteiger partial charge in [0.1, 0.15) is 0 Å². The van der Waals surface area contributed by atoms with Gasteiger partial charge in [0.25, 0.3) is 5.91 Å². The van der Waals surface area contributed by atoms with Gasteiger partial charge in [0, 0.05) is 43.3 Å². The number of carbonyl (C=O) groups excluding carboxylic acids is 2. The first-order valence-corrected chi connectivity index (χ1v) is 8.85. The highest BCUT2D eigenvalue weighted by atomic mass is 16.2. The zero-order valence-corrected chi connectivity index (χ0v) is 14.8. The Balaban J connectivity index is 1.56. The number of amides is 2. The zero-order valence-electron chi connectivity index (χ0n) is 14.8. The molecule has 2 fully saturated rings. The minimum Gasteiger partial charge on any atom is -0.337 e. The molecular weight excluding hydrogens is 328 g/mol. The summed E-state index contributed by atoms with van der Waals surface area (Å²) in [5.41, 5.74) is 1.38. The van der Waals surface area contributed by atoms with Crippen molar-refractivity contribution in [3.63, 3.8) is 0 Å². The molecule has 2 amide bonds. The summed E-state index contributed by atoms with van der Waals surface area (Å²) in [6.07, 6.45) is 4.14. The molecule has 0 bridgehead atoms. The van der Waals surface area contributed by atoms with Gasteiger partial charge in [-0.25, -0.2) is 0 Å². The van der Waals surface area contributed by atoms with E-state index in [0.29, 0.717) is 31.7 Å². The largest absolute Gasteiger partial charge is 0.337 e. The lowest BCUT2D eigenvalue weighted by atomic mass is 9.92. The molecule has 1 aromatic carbocycles. The van der Waals surface area contributed by atoms with E-state index in [1.165, 1.54) is 0 Å². The monoisotopic (exact) mass is 350 g/mol. The number of benzene rings is 1. The fourth-order valence-corrected chi connectivity index (χ4v) is 3.95. The summed E-state index contributed by atoms with van der Waals surface area (Å²) in [4.78, 5) is 35.2. The third kappa shape index (κ3) is 2.86. The van der Waals surface area contributed by atoms with Crippen LogP contribution in [0.1, 0.15) is 16.8 Å². The lowest BCUT2D eigenvalue weighted by Crippen LogP contribution is -2.64. The quantitative estimate of drug-likeness (QED) is 0.826. The number of hydrogen-bond donors (Lipinski definition) is 0. The van der Waals surface area contributed by atoms with Gasteiger partial charge in [0.05, 0.1) is 12.1 Å². The van der Waals surface area contributed by atoms with Gasteiger partial charge in [-0.1, -0.05) is 18.2 Å². The van der Waals surface area contributed by atoms with Crippen LogP contribution in [0.25, 0.3) is 0 Å². The van der Waals surface area contributed by atoms with E-state index >= 15 is 0 Å². The second kappa shape index (κ2) is 6.53. The van der Waals surface area contributed by atoms with E-state index < -0.39 is 0 Å². The molecule has 2 aromatic rings. The molecule has 4 rings (SSSR count). The SMILES string of the molecule is CN1CC(=O)N(c2ccccc2)C[C@@]12CCN(C(=O)c1ccncc1)C2. The third-order valence-electron chi connectivity index (χ3n) is 5.55. The topological polar surface area (TPSA) is 56.8 Å². The molecule has 1 atom stereocenters. The molecule has 1 spiro atoms. The maximum absolute atomic E-state index is 12.8. The van der Waals surface area contributed by atoms with Crippen molar-refractivity contribution in [1.29, 1.82) is 0 Å². The Labute approximate surface area is 153 Å². The van der Waals surface area contributed by atoms with Crippen LogP contribution in [0.15, 0.2) is 54.9 Å². The summed E-state index contributed by atoms with van der Waals surface area (Å²) in [7, 11) is 1.99. The first-order chi connectivity index (χ1) is 12.6. The molecular formula is C20H22N4O2.